The Kier molecular flexibility index (Phi) is 6.26. The number of thiophene rings is 1. The molecule has 3 aromatic rings. The van der Waals surface area contributed by atoms with Crippen molar-refractivity contribution in [2.75, 3.05) is 24.6 Å². The van der Waals surface area contributed by atoms with Crippen LogP contribution in [0, 0.1) is 5.82 Å². The Morgan fingerprint density at radius 2 is 1.91 bits per heavy atom. The number of hydrogen-bond acceptors (Lipinski definition) is 6. The van der Waals surface area contributed by atoms with Gasteiger partial charge in [0.05, 0.1) is 6.54 Å². The third kappa shape index (κ3) is 5.52. The van der Waals surface area contributed by atoms with E-state index in [1.807, 2.05) is 11.0 Å². The molecule has 0 atom stereocenters. The van der Waals surface area contributed by atoms with E-state index in [0.29, 0.717) is 30.3 Å². The molecule has 6 nitrogen and oxygen atoms in total. The van der Waals surface area contributed by atoms with Gasteiger partial charge in [-0.05, 0) is 41.8 Å². The van der Waals surface area contributed by atoms with Crippen molar-refractivity contribution >= 4 is 22.9 Å². The van der Waals surface area contributed by atoms with E-state index < -0.39 is 18.5 Å². The van der Waals surface area contributed by atoms with Crippen molar-refractivity contribution in [2.45, 2.75) is 19.1 Å². The van der Waals surface area contributed by atoms with Gasteiger partial charge in [-0.3, -0.25) is 4.57 Å². The van der Waals surface area contributed by atoms with Gasteiger partial charge in [-0.25, -0.2) is 14.2 Å². The maximum atomic E-state index is 13.1. The smallest absolute Gasteiger partial charge is 0.422 e. The quantitative estimate of drug-likeness (QED) is 0.512. The molecule has 0 spiro atoms. The van der Waals surface area contributed by atoms with Crippen molar-refractivity contribution in [3.63, 3.8) is 0 Å². The fourth-order valence-electron chi connectivity index (χ4n) is 3.23. The van der Waals surface area contributed by atoms with E-state index >= 15 is 0 Å². The fourth-order valence-corrected chi connectivity index (χ4v) is 4.08. The normalized spacial score (nSPS) is 14.4. The Morgan fingerprint density at radius 1 is 1.12 bits per heavy atom. The summed E-state index contributed by atoms with van der Waals surface area (Å²) in [7, 11) is 0. The number of hydrogen-bond donors (Lipinski definition) is 0. The van der Waals surface area contributed by atoms with Gasteiger partial charge in [-0.1, -0.05) is 18.2 Å². The van der Waals surface area contributed by atoms with Crippen LogP contribution >= 0.6 is 11.3 Å². The zero-order valence-corrected chi connectivity index (χ0v) is 17.5. The van der Waals surface area contributed by atoms with Gasteiger partial charge < -0.3 is 9.64 Å². The molecule has 0 amide bonds. The minimum atomic E-state index is -4.41. The average molecular weight is 466 g/mol. The Balaban J connectivity index is 1.39. The van der Waals surface area contributed by atoms with Crippen LogP contribution in [0.1, 0.15) is 16.9 Å². The SMILES string of the molecule is O=c1nc(N2CC=C(c3ccc(F)cc3)CC2)ncn1Cc1ccc(OCC(F)(F)F)s1. The monoisotopic (exact) mass is 466 g/mol. The molecule has 0 bridgehead atoms. The van der Waals surface area contributed by atoms with Gasteiger partial charge in [0.15, 0.2) is 11.7 Å². The minimum absolute atomic E-state index is 0.125. The number of alkyl halides is 3. The molecule has 0 aliphatic carbocycles. The van der Waals surface area contributed by atoms with E-state index in [-0.39, 0.29) is 17.4 Å². The topological polar surface area (TPSA) is 60.2 Å². The fraction of sp³-hybridized carbons (Fsp3) is 0.286. The molecule has 0 saturated heterocycles. The number of halogens is 4. The van der Waals surface area contributed by atoms with Gasteiger partial charge in [0.1, 0.15) is 12.1 Å². The number of rotatable bonds is 6. The van der Waals surface area contributed by atoms with Crippen LogP contribution < -0.4 is 15.3 Å². The largest absolute Gasteiger partial charge is 0.475 e. The molecule has 168 valence electrons. The Hall–Kier alpha value is -3.21. The van der Waals surface area contributed by atoms with Gasteiger partial charge in [-0.15, -0.1) is 11.3 Å². The highest BCUT2D eigenvalue weighted by Crippen LogP contribution is 2.27. The molecule has 0 N–H and O–H groups in total. The van der Waals surface area contributed by atoms with Crippen LogP contribution in [0.5, 0.6) is 5.06 Å². The molecular formula is C21H18F4N4O2S. The molecule has 11 heteroatoms. The van der Waals surface area contributed by atoms with Gasteiger partial charge in [0.25, 0.3) is 0 Å². The van der Waals surface area contributed by atoms with Crippen LogP contribution in [-0.2, 0) is 6.54 Å². The molecule has 0 saturated carbocycles. The third-order valence-electron chi connectivity index (χ3n) is 4.80. The van der Waals surface area contributed by atoms with E-state index in [9.17, 15) is 22.4 Å². The third-order valence-corrected chi connectivity index (χ3v) is 5.78. The zero-order valence-electron chi connectivity index (χ0n) is 16.7. The highest BCUT2D eigenvalue weighted by Gasteiger charge is 2.28. The number of nitrogens with zero attached hydrogens (tertiary/aromatic N) is 4. The molecule has 3 heterocycles. The summed E-state index contributed by atoms with van der Waals surface area (Å²) in [6.07, 6.45) is -0.332. The summed E-state index contributed by atoms with van der Waals surface area (Å²) in [6, 6.07) is 9.35. The first-order valence-corrected chi connectivity index (χ1v) is 10.5. The Morgan fingerprint density at radius 3 is 2.56 bits per heavy atom. The first-order chi connectivity index (χ1) is 15.3. The van der Waals surface area contributed by atoms with Crippen LogP contribution in [0.2, 0.25) is 0 Å². The lowest BCUT2D eigenvalue weighted by molar-refractivity contribution is -0.152. The Bertz CT molecular complexity index is 1170. The lowest BCUT2D eigenvalue weighted by Crippen LogP contribution is -2.33. The van der Waals surface area contributed by atoms with E-state index in [2.05, 4.69) is 9.97 Å². The average Bonchev–Trinajstić information content (AvgIpc) is 3.21. The summed E-state index contributed by atoms with van der Waals surface area (Å²) in [5.74, 6) is 0.0226. The second-order valence-corrected chi connectivity index (χ2v) is 8.25. The van der Waals surface area contributed by atoms with Crippen LogP contribution in [0.25, 0.3) is 5.57 Å². The molecule has 2 aromatic heterocycles. The van der Waals surface area contributed by atoms with Gasteiger partial charge in [-0.2, -0.15) is 18.2 Å². The highest BCUT2D eigenvalue weighted by molar-refractivity contribution is 7.13. The molecule has 0 fully saturated rings. The predicted octanol–water partition coefficient (Wildman–Crippen LogP) is 4.12. The minimum Gasteiger partial charge on any atom is -0.475 e. The maximum absolute atomic E-state index is 13.1. The number of benzene rings is 1. The lowest BCUT2D eigenvalue weighted by atomic mass is 10.00. The molecule has 4 rings (SSSR count). The van der Waals surface area contributed by atoms with Gasteiger partial charge in [0, 0.05) is 18.0 Å². The number of ether oxygens (including phenoxy) is 1. The maximum Gasteiger partial charge on any atom is 0.422 e. The van der Waals surface area contributed by atoms with E-state index in [1.165, 1.54) is 29.1 Å². The van der Waals surface area contributed by atoms with Gasteiger partial charge in [0.2, 0.25) is 5.95 Å². The molecule has 1 aromatic carbocycles. The van der Waals surface area contributed by atoms with Crippen LogP contribution in [0.15, 0.2) is 53.6 Å². The van der Waals surface area contributed by atoms with E-state index in [0.717, 1.165) is 22.5 Å². The van der Waals surface area contributed by atoms with Crippen molar-refractivity contribution in [3.05, 3.63) is 75.5 Å². The second-order valence-electron chi connectivity index (χ2n) is 7.12. The van der Waals surface area contributed by atoms with Crippen LogP contribution in [0.4, 0.5) is 23.5 Å². The summed E-state index contributed by atoms with van der Waals surface area (Å²) < 4.78 is 55.9. The first kappa shape index (κ1) is 22.0. The van der Waals surface area contributed by atoms with Crippen LogP contribution in [0.3, 0.4) is 0 Å². The standard InChI is InChI=1S/C21H18F4N4O2S/c22-16-3-1-14(2-4-16)15-7-9-28(10-8-15)19-26-13-29(20(30)27-19)11-17-5-6-18(32-17)31-12-21(23,24)25/h1-7,13H,8-12H2. The van der Waals surface area contributed by atoms with E-state index in [4.69, 9.17) is 4.74 Å². The van der Waals surface area contributed by atoms with Crippen LogP contribution in [-0.4, -0.2) is 40.4 Å². The second kappa shape index (κ2) is 9.11. The van der Waals surface area contributed by atoms with Crippen molar-refractivity contribution < 1.29 is 22.3 Å². The summed E-state index contributed by atoms with van der Waals surface area (Å²) in [4.78, 5) is 23.3. The van der Waals surface area contributed by atoms with Crippen molar-refractivity contribution in [1.29, 1.82) is 0 Å². The van der Waals surface area contributed by atoms with E-state index in [1.54, 1.807) is 18.2 Å². The van der Waals surface area contributed by atoms with Crippen molar-refractivity contribution in [1.82, 2.24) is 14.5 Å². The molecule has 0 radical (unpaired) electrons. The molecule has 1 aliphatic heterocycles. The number of anilines is 1. The Labute approximate surface area is 184 Å². The summed E-state index contributed by atoms with van der Waals surface area (Å²) in [6.45, 7) is -0.107. The molecule has 0 unspecified atom stereocenters. The first-order valence-electron chi connectivity index (χ1n) is 9.68. The molecule has 1 aliphatic rings. The molecular weight excluding hydrogens is 448 g/mol. The van der Waals surface area contributed by atoms with Crippen molar-refractivity contribution in [2.24, 2.45) is 0 Å². The van der Waals surface area contributed by atoms with Gasteiger partial charge >= 0.3 is 11.9 Å². The molecule has 32 heavy (non-hydrogen) atoms. The number of aromatic nitrogens is 3. The highest BCUT2D eigenvalue weighted by atomic mass is 32.1. The summed E-state index contributed by atoms with van der Waals surface area (Å²) in [5, 5.41) is 0.125. The summed E-state index contributed by atoms with van der Waals surface area (Å²) in [5.41, 5.74) is 1.54. The van der Waals surface area contributed by atoms with Crippen molar-refractivity contribution in [3.8, 4) is 5.06 Å². The zero-order chi connectivity index (χ0) is 22.7. The predicted molar refractivity (Wildman–Crippen MR) is 112 cm³/mol. The summed E-state index contributed by atoms with van der Waals surface area (Å²) >= 11 is 1.03. The lowest BCUT2D eigenvalue weighted by Gasteiger charge is -2.26.